The van der Waals surface area contributed by atoms with Crippen molar-refractivity contribution in [2.24, 2.45) is 0 Å². The zero-order chi connectivity index (χ0) is 18.8. The number of thioether (sulfide) groups is 1. The molecule has 2 aromatic heterocycles. The van der Waals surface area contributed by atoms with Crippen LogP contribution in [0, 0.1) is 0 Å². The van der Waals surface area contributed by atoms with E-state index < -0.39 is 0 Å². The van der Waals surface area contributed by atoms with Gasteiger partial charge in [0.05, 0.1) is 17.9 Å². The Labute approximate surface area is 159 Å². The van der Waals surface area contributed by atoms with E-state index in [-0.39, 0.29) is 11.0 Å². The van der Waals surface area contributed by atoms with E-state index in [2.05, 4.69) is 15.2 Å². The topological polar surface area (TPSA) is 81.0 Å². The van der Waals surface area contributed by atoms with Gasteiger partial charge in [-0.3, -0.25) is 4.79 Å². The minimum absolute atomic E-state index is 0.00879. The fourth-order valence-corrected chi connectivity index (χ4v) is 3.64. The van der Waals surface area contributed by atoms with Crippen LogP contribution in [0.3, 0.4) is 0 Å². The van der Waals surface area contributed by atoms with Crippen LogP contribution in [0.25, 0.3) is 22.4 Å². The zero-order valence-electron chi connectivity index (χ0n) is 14.8. The van der Waals surface area contributed by atoms with E-state index in [1.165, 1.54) is 11.8 Å². The highest BCUT2D eigenvalue weighted by Crippen LogP contribution is 2.32. The lowest BCUT2D eigenvalue weighted by atomic mass is 10.1. The van der Waals surface area contributed by atoms with Crippen molar-refractivity contribution in [3.8, 4) is 17.2 Å². The van der Waals surface area contributed by atoms with E-state index in [1.807, 2.05) is 55.5 Å². The molecule has 0 aliphatic carbocycles. The molecule has 27 heavy (non-hydrogen) atoms. The number of nitrogens with one attached hydrogen (secondary N) is 1. The number of fused-ring (bicyclic) bond motifs is 1. The number of hydrogen-bond donors (Lipinski definition) is 1. The number of ketones is 1. The van der Waals surface area contributed by atoms with Gasteiger partial charge in [0.15, 0.2) is 5.78 Å². The highest BCUT2D eigenvalue weighted by atomic mass is 32.2. The van der Waals surface area contributed by atoms with Gasteiger partial charge in [-0.2, -0.15) is 0 Å². The number of carbonyl (C=O) groups is 1. The molecule has 1 atom stereocenters. The number of methoxy groups -OCH3 is 1. The molecule has 136 valence electrons. The van der Waals surface area contributed by atoms with Crippen molar-refractivity contribution in [2.75, 3.05) is 7.11 Å². The molecular weight excluding hydrogens is 362 g/mol. The molecule has 1 unspecified atom stereocenters. The van der Waals surface area contributed by atoms with Gasteiger partial charge in [0.2, 0.25) is 0 Å². The summed E-state index contributed by atoms with van der Waals surface area (Å²) in [5.41, 5.74) is 2.32. The summed E-state index contributed by atoms with van der Waals surface area (Å²) in [4.78, 5) is 16.0. The summed E-state index contributed by atoms with van der Waals surface area (Å²) >= 11 is 1.24. The Kier molecular flexibility index (Phi) is 4.68. The number of benzene rings is 2. The SMILES string of the molecule is COc1ccccc1-c1nnc(SC(C)C(=O)c2c[nH]c3ccccc23)o1. The molecule has 0 amide bonds. The summed E-state index contributed by atoms with van der Waals surface area (Å²) in [5.74, 6) is 1.02. The van der Waals surface area contributed by atoms with Crippen LogP contribution in [0.4, 0.5) is 0 Å². The van der Waals surface area contributed by atoms with E-state index in [0.717, 1.165) is 16.5 Å². The molecule has 0 fully saturated rings. The molecule has 0 saturated heterocycles. The third-order valence-electron chi connectivity index (χ3n) is 4.25. The molecule has 0 bridgehead atoms. The van der Waals surface area contributed by atoms with E-state index in [9.17, 15) is 4.79 Å². The van der Waals surface area contributed by atoms with Crippen LogP contribution in [0.15, 0.2) is 64.4 Å². The Bertz CT molecular complexity index is 1100. The highest BCUT2D eigenvalue weighted by molar-refractivity contribution is 8.00. The Balaban J connectivity index is 1.54. The molecule has 0 aliphatic rings. The average Bonchev–Trinajstić information content (AvgIpc) is 3.34. The first-order valence-corrected chi connectivity index (χ1v) is 9.29. The molecule has 7 heteroatoms. The summed E-state index contributed by atoms with van der Waals surface area (Å²) in [6, 6.07) is 15.2. The van der Waals surface area contributed by atoms with Gasteiger partial charge in [-0.25, -0.2) is 0 Å². The molecule has 2 heterocycles. The van der Waals surface area contributed by atoms with Crippen LogP contribution in [0.1, 0.15) is 17.3 Å². The number of nitrogens with zero attached hydrogens (tertiary/aromatic N) is 2. The van der Waals surface area contributed by atoms with Crippen molar-refractivity contribution in [2.45, 2.75) is 17.4 Å². The lowest BCUT2D eigenvalue weighted by Crippen LogP contribution is -2.13. The van der Waals surface area contributed by atoms with Crippen LogP contribution in [-0.2, 0) is 0 Å². The number of carbonyl (C=O) groups excluding carboxylic acids is 1. The standard InChI is InChI=1S/C20H17N3O3S/c1-12(18(24)15-11-21-16-9-5-3-7-13(15)16)27-20-23-22-19(26-20)14-8-4-6-10-17(14)25-2/h3-12,21H,1-2H3. The van der Waals surface area contributed by atoms with Gasteiger partial charge < -0.3 is 14.1 Å². The first-order valence-electron chi connectivity index (χ1n) is 8.41. The molecule has 1 N–H and O–H groups in total. The summed E-state index contributed by atoms with van der Waals surface area (Å²) in [6.45, 7) is 1.84. The fraction of sp³-hybridized carbons (Fsp3) is 0.150. The number of hydrogen-bond acceptors (Lipinski definition) is 6. The molecule has 2 aromatic carbocycles. The Hall–Kier alpha value is -3.06. The van der Waals surface area contributed by atoms with Crippen molar-refractivity contribution in [3.63, 3.8) is 0 Å². The predicted molar refractivity (Wildman–Crippen MR) is 104 cm³/mol. The van der Waals surface area contributed by atoms with Crippen LogP contribution < -0.4 is 4.74 Å². The third kappa shape index (κ3) is 3.33. The number of H-pyrrole nitrogens is 1. The molecule has 0 aliphatic heterocycles. The first-order chi connectivity index (χ1) is 13.2. The minimum atomic E-state index is -0.366. The van der Waals surface area contributed by atoms with Gasteiger partial charge in [-0.05, 0) is 25.1 Å². The maximum Gasteiger partial charge on any atom is 0.277 e. The number of aromatic amines is 1. The average molecular weight is 379 g/mol. The number of para-hydroxylation sites is 2. The van der Waals surface area contributed by atoms with E-state index in [4.69, 9.17) is 9.15 Å². The van der Waals surface area contributed by atoms with Crippen molar-refractivity contribution in [1.82, 2.24) is 15.2 Å². The normalized spacial score (nSPS) is 12.2. The molecule has 4 aromatic rings. The van der Waals surface area contributed by atoms with Crippen LogP contribution in [-0.4, -0.2) is 33.3 Å². The predicted octanol–water partition coefficient (Wildman–Crippen LogP) is 4.59. The van der Waals surface area contributed by atoms with Crippen molar-refractivity contribution >= 4 is 28.4 Å². The van der Waals surface area contributed by atoms with Gasteiger partial charge in [0.1, 0.15) is 5.75 Å². The van der Waals surface area contributed by atoms with Crippen LogP contribution in [0.2, 0.25) is 0 Å². The molecule has 0 saturated carbocycles. The summed E-state index contributed by atoms with van der Waals surface area (Å²) in [5, 5.41) is 9.04. The van der Waals surface area contributed by atoms with E-state index in [0.29, 0.717) is 22.4 Å². The molecule has 4 rings (SSSR count). The lowest BCUT2D eigenvalue weighted by molar-refractivity contribution is 0.0995. The van der Waals surface area contributed by atoms with Crippen LogP contribution >= 0.6 is 11.8 Å². The van der Waals surface area contributed by atoms with Gasteiger partial charge in [0, 0.05) is 22.7 Å². The molecular formula is C20H17N3O3S. The molecule has 0 radical (unpaired) electrons. The first kappa shape index (κ1) is 17.4. The van der Waals surface area contributed by atoms with Crippen LogP contribution in [0.5, 0.6) is 5.75 Å². The summed E-state index contributed by atoms with van der Waals surface area (Å²) < 4.78 is 11.1. The van der Waals surface area contributed by atoms with Crippen molar-refractivity contribution in [1.29, 1.82) is 0 Å². The second-order valence-corrected chi connectivity index (χ2v) is 7.24. The minimum Gasteiger partial charge on any atom is -0.496 e. The van der Waals surface area contributed by atoms with Crippen molar-refractivity contribution < 1.29 is 13.9 Å². The van der Waals surface area contributed by atoms with Crippen molar-refractivity contribution in [3.05, 3.63) is 60.3 Å². The zero-order valence-corrected chi connectivity index (χ0v) is 15.6. The third-order valence-corrected chi connectivity index (χ3v) is 5.18. The van der Waals surface area contributed by atoms with Gasteiger partial charge >= 0.3 is 0 Å². The summed E-state index contributed by atoms with van der Waals surface area (Å²) in [7, 11) is 1.59. The number of rotatable bonds is 6. The maximum absolute atomic E-state index is 12.9. The van der Waals surface area contributed by atoms with Gasteiger partial charge in [-0.1, -0.05) is 42.1 Å². The fourth-order valence-electron chi connectivity index (χ4n) is 2.89. The number of Topliss-reactive ketones (excluding diaryl/α,β-unsaturated/α-hetero) is 1. The second kappa shape index (κ2) is 7.28. The maximum atomic E-state index is 12.9. The Morgan fingerprint density at radius 3 is 2.78 bits per heavy atom. The monoisotopic (exact) mass is 379 g/mol. The smallest absolute Gasteiger partial charge is 0.277 e. The number of ether oxygens (including phenoxy) is 1. The van der Waals surface area contributed by atoms with Gasteiger partial charge in [0.25, 0.3) is 11.1 Å². The second-order valence-electron chi connectivity index (χ2n) is 5.95. The largest absolute Gasteiger partial charge is 0.496 e. The quantitative estimate of drug-likeness (QED) is 0.390. The highest BCUT2D eigenvalue weighted by Gasteiger charge is 2.23. The Morgan fingerprint density at radius 2 is 1.93 bits per heavy atom. The Morgan fingerprint density at radius 1 is 1.15 bits per heavy atom. The van der Waals surface area contributed by atoms with E-state index in [1.54, 1.807) is 13.3 Å². The lowest BCUT2D eigenvalue weighted by Gasteiger charge is -2.06. The number of aromatic nitrogens is 3. The molecule has 0 spiro atoms. The summed E-state index contributed by atoms with van der Waals surface area (Å²) in [6.07, 6.45) is 1.75. The van der Waals surface area contributed by atoms with Gasteiger partial charge in [-0.15, -0.1) is 10.2 Å². The molecule has 6 nitrogen and oxygen atoms in total. The van der Waals surface area contributed by atoms with E-state index >= 15 is 0 Å².